The van der Waals surface area contributed by atoms with E-state index < -0.39 is 0 Å². The molecule has 0 unspecified atom stereocenters. The molecule has 1 aromatic heterocycles. The van der Waals surface area contributed by atoms with E-state index in [1.165, 1.54) is 14.2 Å². The number of methoxy groups -OCH3 is 2. The number of halogens is 2. The molecule has 13 heteroatoms. The first-order valence-electron chi connectivity index (χ1n) is 8.74. The SMILES string of the molecule is COc1ccc(C=O)cc1N=Nc1cccc(N=Nc2cc(C=O)ccc2OC)n1.O.[Cd+2].[Cl-].[Cl-]. The van der Waals surface area contributed by atoms with E-state index >= 15 is 0 Å². The summed E-state index contributed by atoms with van der Waals surface area (Å²) in [5, 5.41) is 16.4. The van der Waals surface area contributed by atoms with Crippen LogP contribution in [0.3, 0.4) is 0 Å². The van der Waals surface area contributed by atoms with E-state index in [0.29, 0.717) is 58.2 Å². The number of pyridine rings is 1. The molecule has 0 radical (unpaired) electrons. The quantitative estimate of drug-likeness (QED) is 0.179. The first-order valence-corrected chi connectivity index (χ1v) is 8.74. The number of carbonyl (C=O) groups excluding carboxylic acids is 2. The number of nitrogens with zero attached hydrogens (tertiary/aromatic N) is 5. The zero-order chi connectivity index (χ0) is 21.3. The van der Waals surface area contributed by atoms with E-state index in [1.807, 2.05) is 0 Å². The van der Waals surface area contributed by atoms with Gasteiger partial charge in [0, 0.05) is 11.1 Å². The van der Waals surface area contributed by atoms with Gasteiger partial charge in [-0.25, -0.2) is 4.98 Å². The Bertz CT molecular complexity index is 1060. The molecule has 174 valence electrons. The van der Waals surface area contributed by atoms with Gasteiger partial charge in [-0.1, -0.05) is 6.07 Å². The fraction of sp³-hybridized carbons (Fsp3) is 0.0952. The van der Waals surface area contributed by atoms with Crippen LogP contribution in [0.2, 0.25) is 0 Å². The molecule has 0 saturated carbocycles. The summed E-state index contributed by atoms with van der Waals surface area (Å²) in [6.45, 7) is 0. The van der Waals surface area contributed by atoms with Crippen molar-refractivity contribution in [3.05, 3.63) is 65.7 Å². The fourth-order valence-corrected chi connectivity index (χ4v) is 2.45. The summed E-state index contributed by atoms with van der Waals surface area (Å²) in [6.07, 6.45) is 1.43. The number of rotatable bonds is 8. The number of azo groups is 2. The number of aromatic nitrogens is 1. The van der Waals surface area contributed by atoms with Gasteiger partial charge in [-0.3, -0.25) is 9.59 Å². The third kappa shape index (κ3) is 8.85. The van der Waals surface area contributed by atoms with Gasteiger partial charge in [0.05, 0.1) is 14.2 Å². The molecule has 0 aliphatic rings. The molecule has 0 aliphatic heterocycles. The number of aldehydes is 2. The normalized spacial score (nSPS) is 9.71. The molecule has 2 N–H and O–H groups in total. The summed E-state index contributed by atoms with van der Waals surface area (Å²) in [4.78, 5) is 26.2. The van der Waals surface area contributed by atoms with Gasteiger partial charge >= 0.3 is 27.3 Å². The molecule has 1 heterocycles. The Hall–Kier alpha value is -2.81. The minimum absolute atomic E-state index is 0. The van der Waals surface area contributed by atoms with E-state index in [-0.39, 0.29) is 57.6 Å². The summed E-state index contributed by atoms with van der Waals surface area (Å²) >= 11 is 0. The standard InChI is InChI=1S/C21H17N5O4.Cd.2ClH.H2O/c1-29-18-8-6-14(12-27)10-16(18)23-25-20-4-3-5-21(22-20)26-24-17-11-15(13-28)7-9-19(17)30-2;;;;/h3-13H,1-2H3;;2*1H;1H2/q;+2;;;/p-2. The van der Waals surface area contributed by atoms with E-state index in [9.17, 15) is 9.59 Å². The zero-order valence-corrected chi connectivity index (χ0v) is 23.7. The van der Waals surface area contributed by atoms with Crippen molar-refractivity contribution in [1.82, 2.24) is 4.98 Å². The van der Waals surface area contributed by atoms with Crippen LogP contribution < -0.4 is 34.3 Å². The molecular formula is C21H19CdCl2N5O5. The van der Waals surface area contributed by atoms with Crippen LogP contribution in [-0.2, 0) is 27.3 Å². The molecule has 0 aliphatic carbocycles. The van der Waals surface area contributed by atoms with Crippen LogP contribution in [0.25, 0.3) is 0 Å². The van der Waals surface area contributed by atoms with Crippen molar-refractivity contribution in [2.75, 3.05) is 14.2 Å². The van der Waals surface area contributed by atoms with Crippen molar-refractivity contribution >= 4 is 35.6 Å². The summed E-state index contributed by atoms with van der Waals surface area (Å²) in [5.74, 6) is 1.53. The Kier molecular flexibility index (Phi) is 16.4. The van der Waals surface area contributed by atoms with Crippen molar-refractivity contribution < 1.29 is 76.7 Å². The smallest absolute Gasteiger partial charge is 1.00 e. The molecule has 3 rings (SSSR count). The van der Waals surface area contributed by atoms with Gasteiger partial charge in [0.15, 0.2) is 11.6 Å². The van der Waals surface area contributed by atoms with Crippen molar-refractivity contribution in [2.24, 2.45) is 20.5 Å². The fourth-order valence-electron chi connectivity index (χ4n) is 2.45. The van der Waals surface area contributed by atoms with Crippen LogP contribution >= 0.6 is 0 Å². The molecule has 3 aromatic rings. The molecule has 10 nitrogen and oxygen atoms in total. The summed E-state index contributed by atoms with van der Waals surface area (Å²) in [7, 11) is 3.00. The molecule has 34 heavy (non-hydrogen) atoms. The predicted molar refractivity (Wildman–Crippen MR) is 113 cm³/mol. The van der Waals surface area contributed by atoms with Crippen molar-refractivity contribution in [3.8, 4) is 11.5 Å². The summed E-state index contributed by atoms with van der Waals surface area (Å²) in [5.41, 5.74) is 1.69. The second-order valence-corrected chi connectivity index (χ2v) is 5.85. The van der Waals surface area contributed by atoms with Crippen molar-refractivity contribution in [2.45, 2.75) is 0 Å². The van der Waals surface area contributed by atoms with Gasteiger partial charge in [0.25, 0.3) is 0 Å². The minimum atomic E-state index is 0. The third-order valence-electron chi connectivity index (χ3n) is 3.92. The number of hydrogen-bond donors (Lipinski definition) is 0. The third-order valence-corrected chi connectivity index (χ3v) is 3.92. The average Bonchev–Trinajstić information content (AvgIpc) is 2.81. The molecular weight excluding hydrogens is 586 g/mol. The first kappa shape index (κ1) is 33.4. The van der Waals surface area contributed by atoms with Crippen LogP contribution in [0.4, 0.5) is 23.0 Å². The number of hydrogen-bond acceptors (Lipinski definition) is 9. The van der Waals surface area contributed by atoms with Gasteiger partial charge in [-0.15, -0.1) is 20.5 Å². The Morgan fingerprint density at radius 3 is 1.47 bits per heavy atom. The Morgan fingerprint density at radius 2 is 1.12 bits per heavy atom. The van der Waals surface area contributed by atoms with Gasteiger partial charge in [0.2, 0.25) is 0 Å². The maximum Gasteiger partial charge on any atom is 2.00 e. The number of carbonyl (C=O) groups is 2. The van der Waals surface area contributed by atoms with Crippen molar-refractivity contribution in [1.29, 1.82) is 0 Å². The first-order chi connectivity index (χ1) is 14.7. The molecule has 0 bridgehead atoms. The Labute approximate surface area is 228 Å². The number of ether oxygens (including phenoxy) is 2. The summed E-state index contributed by atoms with van der Waals surface area (Å²) < 4.78 is 10.4. The minimum Gasteiger partial charge on any atom is -1.00 e. The summed E-state index contributed by atoms with van der Waals surface area (Å²) in [6, 6.07) is 14.6. The monoisotopic (exact) mass is 605 g/mol. The van der Waals surface area contributed by atoms with Crippen LogP contribution in [0.5, 0.6) is 11.5 Å². The van der Waals surface area contributed by atoms with E-state index in [1.54, 1.807) is 54.6 Å². The second kappa shape index (κ2) is 16.8. The van der Waals surface area contributed by atoms with Crippen LogP contribution in [0, 0.1) is 0 Å². The molecule has 2 aromatic carbocycles. The van der Waals surface area contributed by atoms with Crippen molar-refractivity contribution in [3.63, 3.8) is 0 Å². The molecule has 0 spiro atoms. The maximum absolute atomic E-state index is 11.0. The Morgan fingerprint density at radius 1 is 0.706 bits per heavy atom. The molecule has 0 fully saturated rings. The zero-order valence-electron chi connectivity index (χ0n) is 18.2. The second-order valence-electron chi connectivity index (χ2n) is 5.85. The van der Waals surface area contributed by atoms with Crippen LogP contribution in [0.1, 0.15) is 20.7 Å². The van der Waals surface area contributed by atoms with E-state index in [0.717, 1.165) is 0 Å². The van der Waals surface area contributed by atoms with E-state index in [2.05, 4.69) is 25.4 Å². The van der Waals surface area contributed by atoms with E-state index in [4.69, 9.17) is 9.47 Å². The molecule has 0 atom stereocenters. The van der Waals surface area contributed by atoms with Gasteiger partial charge in [-0.05, 0) is 48.5 Å². The predicted octanol–water partition coefficient (Wildman–Crippen LogP) is -1.26. The Balaban J connectivity index is 0. The number of benzene rings is 2. The van der Waals surface area contributed by atoms with Gasteiger partial charge < -0.3 is 39.8 Å². The largest absolute Gasteiger partial charge is 2.00 e. The van der Waals surface area contributed by atoms with Crippen LogP contribution in [-0.4, -0.2) is 37.3 Å². The van der Waals surface area contributed by atoms with Crippen LogP contribution in [0.15, 0.2) is 75.1 Å². The average molecular weight is 605 g/mol. The molecule has 0 saturated heterocycles. The maximum atomic E-state index is 11.0. The molecule has 0 amide bonds. The van der Waals surface area contributed by atoms with Gasteiger partial charge in [-0.2, -0.15) is 0 Å². The topological polar surface area (TPSA) is 146 Å². The van der Waals surface area contributed by atoms with Gasteiger partial charge in [0.1, 0.15) is 35.4 Å².